The minimum Gasteiger partial charge on any atom is -0.358 e. The van der Waals surface area contributed by atoms with Crippen LogP contribution in [0.15, 0.2) is 42.6 Å². The molecule has 1 fully saturated rings. The molecule has 0 aliphatic carbocycles. The molecule has 0 radical (unpaired) electrons. The van der Waals surface area contributed by atoms with Gasteiger partial charge in [0.1, 0.15) is 5.82 Å². The maximum Gasteiger partial charge on any atom is 0.427 e. The fourth-order valence-electron chi connectivity index (χ4n) is 4.94. The van der Waals surface area contributed by atoms with Crippen LogP contribution in [0.3, 0.4) is 0 Å². The molecule has 0 N–H and O–H groups in total. The molecule has 1 aliphatic rings. The number of aromatic nitrogens is 1. The molecular formula is C24H27F7N2O. The van der Waals surface area contributed by atoms with Gasteiger partial charge in [-0.2, -0.15) is 26.3 Å². The number of aryl methyl sites for hydroxylation is 2. The van der Waals surface area contributed by atoms with Crippen molar-refractivity contribution in [1.82, 2.24) is 9.88 Å². The number of halogens is 7. The van der Waals surface area contributed by atoms with Crippen molar-refractivity contribution < 1.29 is 35.5 Å². The zero-order valence-corrected chi connectivity index (χ0v) is 18.9. The summed E-state index contributed by atoms with van der Waals surface area (Å²) in [5.74, 6) is -0.536. The minimum absolute atomic E-state index is 0.0400. The van der Waals surface area contributed by atoms with Crippen molar-refractivity contribution in [2.45, 2.75) is 57.6 Å². The molecule has 1 aromatic heterocycles. The lowest BCUT2D eigenvalue weighted by atomic mass is 9.66. The second-order valence-corrected chi connectivity index (χ2v) is 8.78. The Balaban J connectivity index is 2.01. The molecule has 2 heterocycles. The first-order chi connectivity index (χ1) is 15.8. The van der Waals surface area contributed by atoms with E-state index in [-0.39, 0.29) is 25.9 Å². The number of likely N-dealkylation sites (tertiary alicyclic amines) is 1. The van der Waals surface area contributed by atoms with Gasteiger partial charge in [-0.15, -0.1) is 0 Å². The number of alkyl halides is 6. The number of pyridine rings is 1. The third-order valence-electron chi connectivity index (χ3n) is 6.52. The highest BCUT2D eigenvalue weighted by Gasteiger charge is 2.81. The van der Waals surface area contributed by atoms with Crippen LogP contribution in [0.25, 0.3) is 0 Å². The summed E-state index contributed by atoms with van der Waals surface area (Å²) in [6.45, 7) is 1.91. The van der Waals surface area contributed by atoms with Crippen LogP contribution in [0.2, 0.25) is 0 Å². The molecule has 0 saturated carbocycles. The number of rotatable bonds is 8. The molecule has 3 rings (SSSR count). The predicted molar refractivity (Wildman–Crippen MR) is 112 cm³/mol. The Hall–Kier alpha value is -2.20. The largest absolute Gasteiger partial charge is 0.427 e. The maximum absolute atomic E-state index is 14.4. The Bertz CT molecular complexity index is 928. The molecule has 2 aromatic rings. The van der Waals surface area contributed by atoms with E-state index < -0.39 is 48.8 Å². The molecule has 3 nitrogen and oxygen atoms in total. The number of hydrogen-bond donors (Lipinski definition) is 0. The number of nitrogens with zero attached hydrogens (tertiary/aromatic N) is 2. The van der Waals surface area contributed by atoms with Crippen LogP contribution in [-0.2, 0) is 17.7 Å². The molecule has 1 saturated heterocycles. The molecule has 34 heavy (non-hydrogen) atoms. The van der Waals surface area contributed by atoms with E-state index in [9.17, 15) is 30.7 Å². The van der Waals surface area contributed by atoms with E-state index in [1.165, 1.54) is 12.1 Å². The van der Waals surface area contributed by atoms with Crippen LogP contribution >= 0.6 is 0 Å². The summed E-state index contributed by atoms with van der Waals surface area (Å²) < 4.78 is 104. The van der Waals surface area contributed by atoms with Gasteiger partial charge < -0.3 is 4.74 Å². The quantitative estimate of drug-likeness (QED) is 0.407. The Morgan fingerprint density at radius 3 is 2.12 bits per heavy atom. The molecule has 0 spiro atoms. The van der Waals surface area contributed by atoms with Gasteiger partial charge in [-0.3, -0.25) is 9.88 Å². The summed E-state index contributed by atoms with van der Waals surface area (Å²) in [6, 6.07) is 8.51. The summed E-state index contributed by atoms with van der Waals surface area (Å²) >= 11 is 0. The zero-order chi connectivity index (χ0) is 25.2. The normalized spacial score (nSPS) is 20.1. The summed E-state index contributed by atoms with van der Waals surface area (Å²) in [5, 5.41) is 0. The van der Waals surface area contributed by atoms with E-state index >= 15 is 0 Å². The molecular weight excluding hydrogens is 465 g/mol. The predicted octanol–water partition coefficient (Wildman–Crippen LogP) is 6.25. The van der Waals surface area contributed by atoms with Crippen LogP contribution in [0.1, 0.15) is 36.6 Å². The highest BCUT2D eigenvalue weighted by molar-refractivity contribution is 5.20. The summed E-state index contributed by atoms with van der Waals surface area (Å²) in [4.78, 5) is 5.74. The van der Waals surface area contributed by atoms with Crippen molar-refractivity contribution in [3.63, 3.8) is 0 Å². The third-order valence-corrected chi connectivity index (χ3v) is 6.52. The number of ether oxygens (including phenoxy) is 1. The van der Waals surface area contributed by atoms with Crippen LogP contribution in [-0.4, -0.2) is 47.5 Å². The average molecular weight is 492 g/mol. The van der Waals surface area contributed by atoms with Gasteiger partial charge in [0.2, 0.25) is 0 Å². The average Bonchev–Trinajstić information content (AvgIpc) is 3.15. The van der Waals surface area contributed by atoms with Crippen molar-refractivity contribution in [1.29, 1.82) is 0 Å². The van der Waals surface area contributed by atoms with E-state index in [0.29, 0.717) is 11.1 Å². The number of hydrogen-bond acceptors (Lipinski definition) is 3. The van der Waals surface area contributed by atoms with Gasteiger partial charge in [0.15, 0.2) is 0 Å². The highest BCUT2D eigenvalue weighted by atomic mass is 19.4. The van der Waals surface area contributed by atoms with Gasteiger partial charge in [-0.05, 0) is 69.0 Å². The first kappa shape index (κ1) is 26.4. The summed E-state index contributed by atoms with van der Waals surface area (Å²) in [6.07, 6.45) is -10.7. The highest BCUT2D eigenvalue weighted by Crippen LogP contribution is 2.60. The monoisotopic (exact) mass is 492 g/mol. The first-order valence-corrected chi connectivity index (χ1v) is 11.0. The van der Waals surface area contributed by atoms with Gasteiger partial charge >= 0.3 is 12.4 Å². The van der Waals surface area contributed by atoms with E-state index in [0.717, 1.165) is 24.8 Å². The van der Waals surface area contributed by atoms with Gasteiger partial charge in [0.25, 0.3) is 5.60 Å². The minimum atomic E-state index is -5.69. The smallest absolute Gasteiger partial charge is 0.358 e. The molecule has 1 aliphatic heterocycles. The van der Waals surface area contributed by atoms with Crippen LogP contribution in [0.5, 0.6) is 0 Å². The fraction of sp³-hybridized carbons (Fsp3) is 0.542. The SMILES string of the molecule is CCOC(C(F)(F)F)(C(F)(F)F)C1(CCc2ccc(F)cc2)CCN(Cc2ccc(C)nc2)C1. The Kier molecular flexibility index (Phi) is 7.62. The molecule has 10 heteroatoms. The molecule has 0 amide bonds. The zero-order valence-electron chi connectivity index (χ0n) is 18.9. The van der Waals surface area contributed by atoms with Crippen molar-refractivity contribution in [3.05, 3.63) is 65.2 Å². The fourth-order valence-corrected chi connectivity index (χ4v) is 4.94. The Morgan fingerprint density at radius 1 is 0.971 bits per heavy atom. The van der Waals surface area contributed by atoms with E-state index in [1.54, 1.807) is 30.2 Å². The lowest BCUT2D eigenvalue weighted by Gasteiger charge is -2.49. The second-order valence-electron chi connectivity index (χ2n) is 8.78. The molecule has 1 atom stereocenters. The Morgan fingerprint density at radius 2 is 1.59 bits per heavy atom. The van der Waals surface area contributed by atoms with Crippen LogP contribution in [0.4, 0.5) is 30.7 Å². The summed E-state index contributed by atoms with van der Waals surface area (Å²) in [5.41, 5.74) is -4.71. The van der Waals surface area contributed by atoms with Crippen molar-refractivity contribution in [3.8, 4) is 0 Å². The topological polar surface area (TPSA) is 25.4 Å². The van der Waals surface area contributed by atoms with Crippen LogP contribution < -0.4 is 0 Å². The van der Waals surface area contributed by atoms with E-state index in [4.69, 9.17) is 4.74 Å². The molecule has 0 bridgehead atoms. The lowest BCUT2D eigenvalue weighted by Crippen LogP contribution is -2.69. The third kappa shape index (κ3) is 5.07. The maximum atomic E-state index is 14.4. The van der Waals surface area contributed by atoms with E-state index in [2.05, 4.69) is 4.98 Å². The number of benzene rings is 1. The van der Waals surface area contributed by atoms with Crippen molar-refractivity contribution in [2.75, 3.05) is 19.7 Å². The van der Waals surface area contributed by atoms with Gasteiger partial charge in [-0.1, -0.05) is 18.2 Å². The van der Waals surface area contributed by atoms with Gasteiger partial charge in [0, 0.05) is 37.0 Å². The Labute approximate surface area is 193 Å². The van der Waals surface area contributed by atoms with Gasteiger partial charge in [0.05, 0.1) is 0 Å². The van der Waals surface area contributed by atoms with Crippen molar-refractivity contribution in [2.24, 2.45) is 5.41 Å². The first-order valence-electron chi connectivity index (χ1n) is 11.0. The van der Waals surface area contributed by atoms with Crippen molar-refractivity contribution >= 4 is 0 Å². The van der Waals surface area contributed by atoms with E-state index in [1.807, 2.05) is 0 Å². The van der Waals surface area contributed by atoms with Crippen LogP contribution in [0, 0.1) is 18.2 Å². The van der Waals surface area contributed by atoms with Gasteiger partial charge in [-0.25, -0.2) is 4.39 Å². The molecule has 188 valence electrons. The molecule has 1 unspecified atom stereocenters. The second kappa shape index (κ2) is 9.81. The summed E-state index contributed by atoms with van der Waals surface area (Å²) in [7, 11) is 0. The lowest BCUT2D eigenvalue weighted by molar-refractivity contribution is -0.414. The molecule has 1 aromatic carbocycles. The standard InChI is InChI=1S/C24H27F7N2O/c1-3-34-22(23(26,27)28,24(29,30)31)21(11-10-18-6-8-20(25)9-7-18)12-13-33(16-21)15-19-5-4-17(2)32-14-19/h4-9,14H,3,10-13,15-16H2,1-2H3.